The predicted molar refractivity (Wildman–Crippen MR) is 75.0 cm³/mol. The van der Waals surface area contributed by atoms with Gasteiger partial charge in [-0.1, -0.05) is 15.9 Å². The van der Waals surface area contributed by atoms with Gasteiger partial charge in [0.2, 0.25) is 5.91 Å². The summed E-state index contributed by atoms with van der Waals surface area (Å²) in [6.07, 6.45) is 4.03. The number of methoxy groups -OCH3 is 1. The monoisotopic (exact) mass is 318 g/mol. The van der Waals surface area contributed by atoms with Crippen molar-refractivity contribution in [1.82, 2.24) is 9.80 Å². The van der Waals surface area contributed by atoms with Gasteiger partial charge in [0.1, 0.15) is 0 Å². The van der Waals surface area contributed by atoms with Crippen molar-refractivity contribution >= 4 is 21.8 Å². The molecule has 0 aromatic heterocycles. The van der Waals surface area contributed by atoms with Crippen LogP contribution in [0.2, 0.25) is 0 Å². The first-order chi connectivity index (χ1) is 8.70. The van der Waals surface area contributed by atoms with E-state index in [4.69, 9.17) is 4.74 Å². The maximum absolute atomic E-state index is 11.8. The number of likely N-dealkylation sites (tertiary alicyclic amines) is 2. The maximum atomic E-state index is 11.8. The van der Waals surface area contributed by atoms with Crippen molar-refractivity contribution in [3.8, 4) is 0 Å². The molecule has 0 aromatic carbocycles. The molecule has 2 heterocycles. The molecule has 4 nitrogen and oxygen atoms in total. The van der Waals surface area contributed by atoms with Crippen LogP contribution >= 0.6 is 15.9 Å². The largest absolute Gasteiger partial charge is 0.385 e. The second-order valence-corrected chi connectivity index (χ2v) is 6.56. The fourth-order valence-electron chi connectivity index (χ4n) is 2.93. The van der Waals surface area contributed by atoms with E-state index in [1.54, 1.807) is 7.11 Å². The molecule has 0 spiro atoms. The lowest BCUT2D eigenvalue weighted by molar-refractivity contribution is -0.130. The Labute approximate surface area is 118 Å². The highest BCUT2D eigenvalue weighted by atomic mass is 79.9. The third kappa shape index (κ3) is 3.68. The lowest BCUT2D eigenvalue weighted by atomic mass is 10.0. The van der Waals surface area contributed by atoms with Crippen molar-refractivity contribution in [1.29, 1.82) is 0 Å². The highest BCUT2D eigenvalue weighted by molar-refractivity contribution is 9.09. The van der Waals surface area contributed by atoms with E-state index in [1.807, 2.05) is 0 Å². The van der Waals surface area contributed by atoms with Crippen molar-refractivity contribution < 1.29 is 9.53 Å². The molecule has 0 bridgehead atoms. The Morgan fingerprint density at radius 3 is 2.67 bits per heavy atom. The molecule has 1 unspecified atom stereocenters. The first-order valence-corrected chi connectivity index (χ1v) is 7.77. The molecular formula is C13H23BrN2O2. The average molecular weight is 319 g/mol. The van der Waals surface area contributed by atoms with Crippen molar-refractivity contribution in [2.75, 3.05) is 39.9 Å². The molecule has 0 aliphatic carbocycles. The van der Waals surface area contributed by atoms with Crippen LogP contribution in [0.4, 0.5) is 0 Å². The van der Waals surface area contributed by atoms with E-state index in [9.17, 15) is 4.79 Å². The number of ether oxygens (including phenoxy) is 1. The van der Waals surface area contributed by atoms with Crippen LogP contribution in [-0.2, 0) is 9.53 Å². The number of rotatable bonds is 5. The van der Waals surface area contributed by atoms with E-state index in [0.29, 0.717) is 23.2 Å². The minimum Gasteiger partial charge on any atom is -0.385 e. The number of alkyl halides is 1. The molecule has 2 rings (SSSR count). The quantitative estimate of drug-likeness (QED) is 0.568. The van der Waals surface area contributed by atoms with Gasteiger partial charge in [-0.3, -0.25) is 4.79 Å². The number of carbonyl (C=O) groups is 1. The summed E-state index contributed by atoms with van der Waals surface area (Å²) in [6.45, 7) is 5.09. The Bertz CT molecular complexity index is 280. The lowest BCUT2D eigenvalue weighted by Gasteiger charge is -2.36. The van der Waals surface area contributed by atoms with Gasteiger partial charge >= 0.3 is 0 Å². The molecular weight excluding hydrogens is 296 g/mol. The molecule has 2 aliphatic rings. The highest BCUT2D eigenvalue weighted by Crippen LogP contribution is 2.25. The molecule has 0 radical (unpaired) electrons. The fourth-order valence-corrected chi connectivity index (χ4v) is 3.52. The molecule has 2 saturated heterocycles. The van der Waals surface area contributed by atoms with Crippen molar-refractivity contribution in [3.63, 3.8) is 0 Å². The zero-order valence-electron chi connectivity index (χ0n) is 11.1. The Morgan fingerprint density at radius 2 is 2.11 bits per heavy atom. The second-order valence-electron chi connectivity index (χ2n) is 5.27. The van der Waals surface area contributed by atoms with Gasteiger partial charge in [-0.2, -0.15) is 0 Å². The summed E-state index contributed by atoms with van der Waals surface area (Å²) >= 11 is 3.55. The molecule has 2 fully saturated rings. The van der Waals surface area contributed by atoms with E-state index in [0.717, 1.165) is 52.0 Å². The summed E-state index contributed by atoms with van der Waals surface area (Å²) in [5.74, 6) is 0.328. The minimum atomic E-state index is 0.328. The number of piperidine rings is 1. The molecule has 0 aromatic rings. The Morgan fingerprint density at radius 1 is 1.39 bits per heavy atom. The van der Waals surface area contributed by atoms with Crippen LogP contribution in [0.5, 0.6) is 0 Å². The van der Waals surface area contributed by atoms with Crippen molar-refractivity contribution in [3.05, 3.63) is 0 Å². The summed E-state index contributed by atoms with van der Waals surface area (Å²) in [7, 11) is 1.75. The van der Waals surface area contributed by atoms with Gasteiger partial charge in [-0.15, -0.1) is 0 Å². The molecule has 1 amide bonds. The summed E-state index contributed by atoms with van der Waals surface area (Å²) in [4.78, 5) is 16.8. The number of hydrogen-bond acceptors (Lipinski definition) is 3. The number of halogens is 1. The SMILES string of the molecule is COCCCN1CCC(N2CC(Br)CC2=O)CC1. The number of carbonyl (C=O) groups excluding carboxylic acids is 1. The van der Waals surface area contributed by atoms with Crippen LogP contribution in [-0.4, -0.2) is 66.5 Å². The third-order valence-corrected chi connectivity index (χ3v) is 4.55. The molecule has 0 N–H and O–H groups in total. The smallest absolute Gasteiger partial charge is 0.224 e. The second kappa shape index (κ2) is 6.87. The van der Waals surface area contributed by atoms with E-state index >= 15 is 0 Å². The Hall–Kier alpha value is -0.130. The predicted octanol–water partition coefficient (Wildman–Crippen LogP) is 1.48. The van der Waals surface area contributed by atoms with Crippen LogP contribution < -0.4 is 0 Å². The minimum absolute atomic E-state index is 0.328. The van der Waals surface area contributed by atoms with E-state index in [1.165, 1.54) is 0 Å². The van der Waals surface area contributed by atoms with Crippen LogP contribution in [0.25, 0.3) is 0 Å². The molecule has 0 saturated carbocycles. The van der Waals surface area contributed by atoms with Gasteiger partial charge in [0.15, 0.2) is 0 Å². The summed E-state index contributed by atoms with van der Waals surface area (Å²) < 4.78 is 5.08. The maximum Gasteiger partial charge on any atom is 0.224 e. The van der Waals surface area contributed by atoms with Gasteiger partial charge in [-0.25, -0.2) is 0 Å². The highest BCUT2D eigenvalue weighted by Gasteiger charge is 2.34. The topological polar surface area (TPSA) is 32.8 Å². The first-order valence-electron chi connectivity index (χ1n) is 6.85. The van der Waals surface area contributed by atoms with Crippen LogP contribution in [0.1, 0.15) is 25.7 Å². The standard InChI is InChI=1S/C13H23BrN2O2/c1-18-8-2-5-15-6-3-12(4-7-15)16-10-11(14)9-13(16)17/h11-12H,2-10H2,1H3. The third-order valence-electron chi connectivity index (χ3n) is 3.93. The number of hydrogen-bond donors (Lipinski definition) is 0. The lowest BCUT2D eigenvalue weighted by Crippen LogP contribution is -2.45. The van der Waals surface area contributed by atoms with Crippen LogP contribution in [0.15, 0.2) is 0 Å². The van der Waals surface area contributed by atoms with Gasteiger partial charge in [0.25, 0.3) is 0 Å². The van der Waals surface area contributed by atoms with Crippen molar-refractivity contribution in [2.45, 2.75) is 36.6 Å². The van der Waals surface area contributed by atoms with Crippen LogP contribution in [0, 0.1) is 0 Å². The molecule has 2 aliphatic heterocycles. The number of amides is 1. The molecule has 5 heteroatoms. The van der Waals surface area contributed by atoms with E-state index in [2.05, 4.69) is 25.7 Å². The first kappa shape index (κ1) is 14.3. The fraction of sp³-hybridized carbons (Fsp3) is 0.923. The number of nitrogens with zero attached hydrogens (tertiary/aromatic N) is 2. The van der Waals surface area contributed by atoms with Gasteiger partial charge < -0.3 is 14.5 Å². The summed E-state index contributed by atoms with van der Waals surface area (Å²) in [5.41, 5.74) is 0. The zero-order valence-corrected chi connectivity index (χ0v) is 12.7. The van der Waals surface area contributed by atoms with Crippen LogP contribution in [0.3, 0.4) is 0 Å². The van der Waals surface area contributed by atoms with E-state index < -0.39 is 0 Å². The van der Waals surface area contributed by atoms with Gasteiger partial charge in [0, 0.05) is 57.2 Å². The van der Waals surface area contributed by atoms with Gasteiger partial charge in [-0.05, 0) is 19.3 Å². The Balaban J connectivity index is 1.71. The normalized spacial score (nSPS) is 27.1. The zero-order chi connectivity index (χ0) is 13.0. The Kier molecular flexibility index (Phi) is 5.45. The van der Waals surface area contributed by atoms with Gasteiger partial charge in [0.05, 0.1) is 0 Å². The van der Waals surface area contributed by atoms with E-state index in [-0.39, 0.29) is 0 Å². The average Bonchev–Trinajstić information content (AvgIpc) is 2.70. The summed E-state index contributed by atoms with van der Waals surface area (Å²) in [6, 6.07) is 0.471. The summed E-state index contributed by atoms with van der Waals surface area (Å²) in [5, 5.41) is 0. The molecule has 104 valence electrons. The molecule has 1 atom stereocenters. The molecule has 18 heavy (non-hydrogen) atoms. The van der Waals surface area contributed by atoms with Crippen molar-refractivity contribution in [2.24, 2.45) is 0 Å².